The maximum absolute atomic E-state index is 12.3. The number of rotatable bonds is 3. The highest BCUT2D eigenvalue weighted by Gasteiger charge is 2.16. The second-order valence-electron chi connectivity index (χ2n) is 5.43. The largest absolute Gasteiger partial charge is 0.399 e. The normalized spacial score (nSPS) is 10.9. The molecule has 1 aromatic carbocycles. The van der Waals surface area contributed by atoms with Gasteiger partial charge in [0.25, 0.3) is 5.91 Å². The molecule has 2 rings (SSSR count). The highest BCUT2D eigenvalue weighted by Crippen LogP contribution is 2.23. The Morgan fingerprint density at radius 2 is 1.76 bits per heavy atom. The zero-order valence-electron chi connectivity index (χ0n) is 12.8. The van der Waals surface area contributed by atoms with Gasteiger partial charge in [-0.05, 0) is 45.9 Å². The number of aromatic nitrogens is 2. The van der Waals surface area contributed by atoms with Gasteiger partial charge in [0.05, 0.1) is 17.1 Å². The minimum Gasteiger partial charge on any atom is -0.399 e. The first-order chi connectivity index (χ1) is 9.79. The Hall–Kier alpha value is -2.50. The van der Waals surface area contributed by atoms with E-state index in [2.05, 4.69) is 10.4 Å². The molecule has 112 valence electrons. The summed E-state index contributed by atoms with van der Waals surface area (Å²) in [6.07, 6.45) is 0. The third-order valence-corrected chi connectivity index (χ3v) is 3.29. The monoisotopic (exact) mass is 287 g/mol. The van der Waals surface area contributed by atoms with Gasteiger partial charge in [-0.15, -0.1) is 0 Å². The number of carbonyl (C=O) groups is 1. The molecule has 0 saturated carbocycles. The quantitative estimate of drug-likeness (QED) is 0.755. The van der Waals surface area contributed by atoms with Crippen molar-refractivity contribution in [3.05, 3.63) is 35.2 Å². The summed E-state index contributed by atoms with van der Waals surface area (Å²) >= 11 is 0. The third-order valence-electron chi connectivity index (χ3n) is 3.29. The minimum atomic E-state index is -0.247. The third kappa shape index (κ3) is 2.99. The first-order valence-electron chi connectivity index (χ1n) is 6.82. The molecule has 0 saturated heterocycles. The van der Waals surface area contributed by atoms with Crippen molar-refractivity contribution < 1.29 is 4.79 Å². The molecule has 0 aliphatic rings. The molecule has 0 bridgehead atoms. The Labute approximate surface area is 124 Å². The van der Waals surface area contributed by atoms with E-state index in [0.29, 0.717) is 16.9 Å². The molecule has 0 aliphatic heterocycles. The molecule has 2 aromatic rings. The second-order valence-corrected chi connectivity index (χ2v) is 5.43. The van der Waals surface area contributed by atoms with E-state index < -0.39 is 0 Å². The Balaban J connectivity index is 2.32. The van der Waals surface area contributed by atoms with Crippen molar-refractivity contribution in [2.45, 2.75) is 33.7 Å². The minimum absolute atomic E-state index is 0.234. The number of nitrogens with one attached hydrogen (secondary N) is 1. The van der Waals surface area contributed by atoms with E-state index in [1.165, 1.54) is 0 Å². The van der Waals surface area contributed by atoms with Crippen LogP contribution in [-0.2, 0) is 0 Å². The number of amides is 1. The van der Waals surface area contributed by atoms with Gasteiger partial charge in [-0.3, -0.25) is 9.48 Å². The number of nitrogens with zero attached hydrogens (tertiary/aromatic N) is 2. The summed E-state index contributed by atoms with van der Waals surface area (Å²) in [5.74, 6) is -0.247. The Kier molecular flexibility index (Phi) is 3.88. The number of hydrogen-bond acceptors (Lipinski definition) is 4. The molecule has 1 aromatic heterocycles. The van der Waals surface area contributed by atoms with Crippen LogP contribution in [0, 0.1) is 13.8 Å². The predicted molar refractivity (Wildman–Crippen MR) is 85.3 cm³/mol. The van der Waals surface area contributed by atoms with Gasteiger partial charge in [0.1, 0.15) is 0 Å². The molecule has 0 unspecified atom stereocenters. The molecule has 0 aliphatic carbocycles. The molecule has 6 nitrogen and oxygen atoms in total. The molecule has 6 heteroatoms. The first-order valence-corrected chi connectivity index (χ1v) is 6.82. The highest BCUT2D eigenvalue weighted by atomic mass is 16.1. The molecule has 0 spiro atoms. The number of nitrogen functional groups attached to an aromatic ring is 2. The zero-order valence-corrected chi connectivity index (χ0v) is 12.8. The molecule has 1 heterocycles. The van der Waals surface area contributed by atoms with Crippen LogP contribution in [0.1, 0.15) is 41.6 Å². The number of benzene rings is 1. The summed E-state index contributed by atoms with van der Waals surface area (Å²) in [4.78, 5) is 12.3. The van der Waals surface area contributed by atoms with Crippen LogP contribution in [0.5, 0.6) is 0 Å². The van der Waals surface area contributed by atoms with Gasteiger partial charge < -0.3 is 16.8 Å². The molecular weight excluding hydrogens is 266 g/mol. The smallest absolute Gasteiger partial charge is 0.255 e. The SMILES string of the molecule is Cc1nn(C(C)C)c(C)c1NC(=O)c1cc(N)cc(N)c1. The van der Waals surface area contributed by atoms with Gasteiger partial charge >= 0.3 is 0 Å². The van der Waals surface area contributed by atoms with Crippen molar-refractivity contribution in [3.63, 3.8) is 0 Å². The molecule has 5 N–H and O–H groups in total. The number of carbonyl (C=O) groups excluding carboxylic acids is 1. The van der Waals surface area contributed by atoms with Crippen LogP contribution in [-0.4, -0.2) is 15.7 Å². The van der Waals surface area contributed by atoms with Crippen LogP contribution in [0.3, 0.4) is 0 Å². The number of aryl methyl sites for hydroxylation is 1. The fourth-order valence-electron chi connectivity index (χ4n) is 2.34. The fraction of sp³-hybridized carbons (Fsp3) is 0.333. The van der Waals surface area contributed by atoms with Gasteiger partial charge in [-0.2, -0.15) is 5.10 Å². The summed E-state index contributed by atoms with van der Waals surface area (Å²) in [6.45, 7) is 7.89. The molecule has 1 amide bonds. The van der Waals surface area contributed by atoms with E-state index in [9.17, 15) is 4.79 Å². The fourth-order valence-corrected chi connectivity index (χ4v) is 2.34. The molecule has 21 heavy (non-hydrogen) atoms. The Morgan fingerprint density at radius 1 is 1.19 bits per heavy atom. The topological polar surface area (TPSA) is 99.0 Å². The van der Waals surface area contributed by atoms with Crippen LogP contribution in [0.15, 0.2) is 18.2 Å². The number of nitrogens with two attached hydrogens (primary N) is 2. The van der Waals surface area contributed by atoms with Crippen LogP contribution in [0.4, 0.5) is 17.1 Å². The zero-order chi connectivity index (χ0) is 15.7. The summed E-state index contributed by atoms with van der Waals surface area (Å²) in [5.41, 5.74) is 15.2. The van der Waals surface area contributed by atoms with Gasteiger partial charge in [0.15, 0.2) is 0 Å². The lowest BCUT2D eigenvalue weighted by atomic mass is 10.1. The van der Waals surface area contributed by atoms with Crippen molar-refractivity contribution in [1.82, 2.24) is 9.78 Å². The lowest BCUT2D eigenvalue weighted by Gasteiger charge is -2.10. The van der Waals surface area contributed by atoms with E-state index >= 15 is 0 Å². The van der Waals surface area contributed by atoms with Crippen LogP contribution in [0.25, 0.3) is 0 Å². The maximum Gasteiger partial charge on any atom is 0.255 e. The number of hydrogen-bond donors (Lipinski definition) is 3. The van der Waals surface area contributed by atoms with Gasteiger partial charge in [0.2, 0.25) is 0 Å². The van der Waals surface area contributed by atoms with Gasteiger partial charge in [-0.1, -0.05) is 0 Å². The van der Waals surface area contributed by atoms with E-state index in [1.807, 2.05) is 32.4 Å². The average molecular weight is 287 g/mol. The lowest BCUT2D eigenvalue weighted by Crippen LogP contribution is -2.14. The Morgan fingerprint density at radius 3 is 2.24 bits per heavy atom. The van der Waals surface area contributed by atoms with E-state index in [4.69, 9.17) is 11.5 Å². The first kappa shape index (κ1) is 14.9. The van der Waals surface area contributed by atoms with Crippen molar-refractivity contribution in [2.75, 3.05) is 16.8 Å². The van der Waals surface area contributed by atoms with Crippen molar-refractivity contribution in [2.24, 2.45) is 0 Å². The second kappa shape index (κ2) is 5.47. The molecule has 0 radical (unpaired) electrons. The Bertz CT molecular complexity index is 667. The van der Waals surface area contributed by atoms with Gasteiger partial charge in [0, 0.05) is 23.0 Å². The summed E-state index contributed by atoms with van der Waals surface area (Å²) in [7, 11) is 0. The van der Waals surface area contributed by atoms with Crippen molar-refractivity contribution >= 4 is 23.0 Å². The lowest BCUT2D eigenvalue weighted by molar-refractivity contribution is 0.102. The average Bonchev–Trinajstić information content (AvgIpc) is 2.65. The standard InChI is InChI=1S/C15H21N5O/c1-8(2)20-10(4)14(9(3)19-20)18-15(21)11-5-12(16)7-13(17)6-11/h5-8H,16-17H2,1-4H3,(H,18,21). The van der Waals surface area contributed by atoms with Crippen molar-refractivity contribution in [3.8, 4) is 0 Å². The molecule has 0 atom stereocenters. The van der Waals surface area contributed by atoms with E-state index in [1.54, 1.807) is 18.2 Å². The highest BCUT2D eigenvalue weighted by molar-refractivity contribution is 6.06. The summed E-state index contributed by atoms with van der Waals surface area (Å²) in [5, 5.41) is 7.34. The van der Waals surface area contributed by atoms with E-state index in [-0.39, 0.29) is 11.9 Å². The van der Waals surface area contributed by atoms with Crippen LogP contribution < -0.4 is 16.8 Å². The number of anilines is 3. The predicted octanol–water partition coefficient (Wildman–Crippen LogP) is 2.50. The van der Waals surface area contributed by atoms with Crippen LogP contribution in [0.2, 0.25) is 0 Å². The molecular formula is C15H21N5O. The van der Waals surface area contributed by atoms with Crippen LogP contribution >= 0.6 is 0 Å². The van der Waals surface area contributed by atoms with E-state index in [0.717, 1.165) is 17.1 Å². The van der Waals surface area contributed by atoms with Crippen molar-refractivity contribution in [1.29, 1.82) is 0 Å². The maximum atomic E-state index is 12.3. The summed E-state index contributed by atoms with van der Waals surface area (Å²) < 4.78 is 1.89. The van der Waals surface area contributed by atoms with Gasteiger partial charge in [-0.25, -0.2) is 0 Å². The molecule has 0 fully saturated rings. The summed E-state index contributed by atoms with van der Waals surface area (Å²) in [6, 6.07) is 5.05.